The number of hydrogen-bond acceptors (Lipinski definition) is 7. The molecule has 1 aliphatic carbocycles. The Bertz CT molecular complexity index is 1700. The van der Waals surface area contributed by atoms with Crippen molar-refractivity contribution in [2.45, 2.75) is 43.8 Å². The van der Waals surface area contributed by atoms with Crippen molar-refractivity contribution < 1.29 is 4.79 Å². The second kappa shape index (κ2) is 11.9. The van der Waals surface area contributed by atoms with Crippen molar-refractivity contribution in [2.75, 3.05) is 16.4 Å². The minimum Gasteiger partial charge on any atom is -0.377 e. The lowest BCUT2D eigenvalue weighted by Crippen LogP contribution is -2.12. The molecule has 0 saturated carbocycles. The molecule has 0 unspecified atom stereocenters. The van der Waals surface area contributed by atoms with Crippen LogP contribution in [0.1, 0.15) is 41.1 Å². The van der Waals surface area contributed by atoms with E-state index in [0.29, 0.717) is 29.3 Å². The predicted octanol–water partition coefficient (Wildman–Crippen LogP) is 6.97. The second-order valence-corrected chi connectivity index (χ2v) is 11.8. The molecular formula is C31H28N6OS2. The summed E-state index contributed by atoms with van der Waals surface area (Å²) in [6, 6.07) is 26.9. The fourth-order valence-corrected chi connectivity index (χ4v) is 7.26. The molecule has 2 N–H and O–H groups in total. The SMILES string of the molecule is N#Cc1c(NC(=O)CCSc2nnc(CNc3cccc4ccccc34)n2-c2ccccc2)sc2c1CCCC2. The highest BCUT2D eigenvalue weighted by atomic mass is 32.2. The molecule has 1 amide bonds. The number of nitrogens with zero attached hydrogens (tertiary/aromatic N) is 4. The number of rotatable bonds is 9. The van der Waals surface area contributed by atoms with E-state index in [9.17, 15) is 10.1 Å². The van der Waals surface area contributed by atoms with Gasteiger partial charge in [-0.1, -0.05) is 66.4 Å². The first kappa shape index (κ1) is 26.1. The third kappa shape index (κ3) is 5.46. The largest absolute Gasteiger partial charge is 0.377 e. The number of benzene rings is 3. The monoisotopic (exact) mass is 564 g/mol. The Hall–Kier alpha value is -4.13. The maximum Gasteiger partial charge on any atom is 0.225 e. The minimum atomic E-state index is -0.0915. The van der Waals surface area contributed by atoms with Gasteiger partial charge in [-0.05, 0) is 54.8 Å². The van der Waals surface area contributed by atoms with Gasteiger partial charge in [-0.2, -0.15) is 5.26 Å². The number of anilines is 2. The zero-order valence-electron chi connectivity index (χ0n) is 21.9. The molecule has 9 heteroatoms. The number of nitrogens with one attached hydrogen (secondary N) is 2. The van der Waals surface area contributed by atoms with Crippen LogP contribution in [-0.4, -0.2) is 26.4 Å². The average molecular weight is 565 g/mol. The lowest BCUT2D eigenvalue weighted by Gasteiger charge is -2.12. The molecule has 0 aliphatic heterocycles. The van der Waals surface area contributed by atoms with Crippen LogP contribution in [0.2, 0.25) is 0 Å². The summed E-state index contributed by atoms with van der Waals surface area (Å²) in [7, 11) is 0. The molecule has 0 bridgehead atoms. The van der Waals surface area contributed by atoms with E-state index in [2.05, 4.69) is 51.2 Å². The van der Waals surface area contributed by atoms with Crippen molar-refractivity contribution in [3.05, 3.63) is 94.6 Å². The van der Waals surface area contributed by atoms with Gasteiger partial charge in [-0.3, -0.25) is 9.36 Å². The Kier molecular flexibility index (Phi) is 7.80. The summed E-state index contributed by atoms with van der Waals surface area (Å²) in [6.07, 6.45) is 4.47. The topological polar surface area (TPSA) is 95.6 Å². The minimum absolute atomic E-state index is 0.0915. The number of fused-ring (bicyclic) bond motifs is 2. The fraction of sp³-hybridized carbons (Fsp3) is 0.226. The van der Waals surface area contributed by atoms with Crippen molar-refractivity contribution >= 4 is 50.5 Å². The smallest absolute Gasteiger partial charge is 0.225 e. The summed E-state index contributed by atoms with van der Waals surface area (Å²) in [5.41, 5.74) is 3.78. The third-order valence-corrected chi connectivity index (χ3v) is 9.18. The van der Waals surface area contributed by atoms with Crippen LogP contribution in [0.5, 0.6) is 0 Å². The number of para-hydroxylation sites is 1. The predicted molar refractivity (Wildman–Crippen MR) is 162 cm³/mol. The molecule has 200 valence electrons. The fourth-order valence-electron chi connectivity index (χ4n) is 5.09. The van der Waals surface area contributed by atoms with Crippen molar-refractivity contribution in [3.63, 3.8) is 0 Å². The van der Waals surface area contributed by atoms with Gasteiger partial charge in [0, 0.05) is 33.8 Å². The summed E-state index contributed by atoms with van der Waals surface area (Å²) < 4.78 is 2.04. The Balaban J connectivity index is 1.15. The van der Waals surface area contributed by atoms with Crippen LogP contribution in [0.4, 0.5) is 10.7 Å². The van der Waals surface area contributed by atoms with Gasteiger partial charge in [0.05, 0.1) is 12.1 Å². The van der Waals surface area contributed by atoms with Gasteiger partial charge in [0.2, 0.25) is 5.91 Å². The summed E-state index contributed by atoms with van der Waals surface area (Å²) in [5.74, 6) is 1.24. The van der Waals surface area contributed by atoms with Crippen LogP contribution in [0, 0.1) is 11.3 Å². The number of hydrogen-bond donors (Lipinski definition) is 2. The molecule has 2 heterocycles. The number of nitriles is 1. The van der Waals surface area contributed by atoms with Crippen LogP contribution in [0.15, 0.2) is 78.0 Å². The molecular weight excluding hydrogens is 537 g/mol. The van der Waals surface area contributed by atoms with Crippen molar-refractivity contribution in [1.82, 2.24) is 14.8 Å². The highest BCUT2D eigenvalue weighted by molar-refractivity contribution is 7.99. The molecule has 3 aromatic carbocycles. The summed E-state index contributed by atoms with van der Waals surface area (Å²) in [5, 5.41) is 29.0. The van der Waals surface area contributed by atoms with Gasteiger partial charge in [-0.25, -0.2) is 0 Å². The van der Waals surface area contributed by atoms with Gasteiger partial charge in [0.1, 0.15) is 11.1 Å². The molecule has 7 nitrogen and oxygen atoms in total. The Labute approximate surface area is 241 Å². The van der Waals surface area contributed by atoms with E-state index in [-0.39, 0.29) is 5.91 Å². The van der Waals surface area contributed by atoms with Crippen LogP contribution < -0.4 is 10.6 Å². The van der Waals surface area contributed by atoms with E-state index in [0.717, 1.165) is 59.0 Å². The van der Waals surface area contributed by atoms with Crippen LogP contribution in [0.25, 0.3) is 16.5 Å². The van der Waals surface area contributed by atoms with E-state index >= 15 is 0 Å². The van der Waals surface area contributed by atoms with Crippen LogP contribution in [0.3, 0.4) is 0 Å². The first-order chi connectivity index (χ1) is 19.7. The quantitative estimate of drug-likeness (QED) is 0.188. The molecule has 0 fully saturated rings. The van der Waals surface area contributed by atoms with Gasteiger partial charge in [-0.15, -0.1) is 21.5 Å². The second-order valence-electron chi connectivity index (χ2n) is 9.62. The summed E-state index contributed by atoms with van der Waals surface area (Å²) >= 11 is 3.06. The highest BCUT2D eigenvalue weighted by Crippen LogP contribution is 2.37. The molecule has 1 aliphatic rings. The van der Waals surface area contributed by atoms with Crippen LogP contribution >= 0.6 is 23.1 Å². The number of thiophene rings is 1. The maximum atomic E-state index is 12.8. The standard InChI is InChI=1S/C31H28N6OS2/c32-19-25-24-14-6-7-16-27(24)40-30(25)34-29(38)17-18-39-31-36-35-28(37(31)22-11-2-1-3-12-22)20-33-26-15-8-10-21-9-4-5-13-23(21)26/h1-5,8-13,15,33H,6-7,14,16-18,20H2,(H,34,38). The number of carbonyl (C=O) groups excluding carboxylic acids is 1. The maximum absolute atomic E-state index is 12.8. The summed E-state index contributed by atoms with van der Waals surface area (Å²) in [4.78, 5) is 14.1. The zero-order chi connectivity index (χ0) is 27.3. The third-order valence-electron chi connectivity index (χ3n) is 7.04. The number of thioether (sulfide) groups is 1. The molecule has 0 radical (unpaired) electrons. The van der Waals surface area contributed by atoms with E-state index in [1.54, 1.807) is 11.3 Å². The van der Waals surface area contributed by atoms with Gasteiger partial charge in [0.15, 0.2) is 11.0 Å². The molecule has 6 rings (SSSR count). The Morgan fingerprint density at radius 3 is 2.67 bits per heavy atom. The van der Waals surface area contributed by atoms with Crippen LogP contribution in [-0.2, 0) is 24.2 Å². The lowest BCUT2D eigenvalue weighted by molar-refractivity contribution is -0.115. The molecule has 0 saturated heterocycles. The van der Waals surface area contributed by atoms with E-state index in [1.807, 2.05) is 53.1 Å². The number of amides is 1. The first-order valence-electron chi connectivity index (χ1n) is 13.4. The molecule has 5 aromatic rings. The molecule has 2 aromatic heterocycles. The Morgan fingerprint density at radius 1 is 1.00 bits per heavy atom. The lowest BCUT2D eigenvalue weighted by atomic mass is 9.96. The highest BCUT2D eigenvalue weighted by Gasteiger charge is 2.22. The number of carbonyl (C=O) groups is 1. The molecule has 40 heavy (non-hydrogen) atoms. The zero-order valence-corrected chi connectivity index (χ0v) is 23.5. The normalized spacial score (nSPS) is 12.6. The first-order valence-corrected chi connectivity index (χ1v) is 15.2. The van der Waals surface area contributed by atoms with Crippen molar-refractivity contribution in [3.8, 4) is 11.8 Å². The van der Waals surface area contributed by atoms with Crippen molar-refractivity contribution in [2.24, 2.45) is 0 Å². The van der Waals surface area contributed by atoms with E-state index in [4.69, 9.17) is 0 Å². The van der Waals surface area contributed by atoms with E-state index < -0.39 is 0 Å². The average Bonchev–Trinajstić information content (AvgIpc) is 3.56. The van der Waals surface area contributed by atoms with Gasteiger partial charge < -0.3 is 10.6 Å². The number of aryl methyl sites for hydroxylation is 1. The Morgan fingerprint density at radius 2 is 1.80 bits per heavy atom. The molecule has 0 spiro atoms. The van der Waals surface area contributed by atoms with Crippen molar-refractivity contribution in [1.29, 1.82) is 5.26 Å². The van der Waals surface area contributed by atoms with Gasteiger partial charge in [0.25, 0.3) is 0 Å². The molecule has 0 atom stereocenters. The van der Waals surface area contributed by atoms with E-state index in [1.165, 1.54) is 22.0 Å². The van der Waals surface area contributed by atoms with Gasteiger partial charge >= 0.3 is 0 Å². The number of aromatic nitrogens is 3. The summed E-state index contributed by atoms with van der Waals surface area (Å²) in [6.45, 7) is 0.497.